The van der Waals surface area contributed by atoms with Crippen LogP contribution in [0, 0.1) is 5.92 Å². The molecule has 0 N–H and O–H groups in total. The van der Waals surface area contributed by atoms with Gasteiger partial charge in [0.15, 0.2) is 5.82 Å². The molecule has 0 unspecified atom stereocenters. The van der Waals surface area contributed by atoms with Gasteiger partial charge in [-0.25, -0.2) is 4.98 Å². The highest BCUT2D eigenvalue weighted by atomic mass is 28.3. The lowest BCUT2D eigenvalue weighted by atomic mass is 10.1. The Labute approximate surface area is 110 Å². The molecular weight excluding hydrogens is 244 g/mol. The van der Waals surface area contributed by atoms with Gasteiger partial charge in [-0.2, -0.15) is 0 Å². The second-order valence-electron chi connectivity index (χ2n) is 6.09. The average Bonchev–Trinajstić information content (AvgIpc) is 2.70. The molecule has 0 saturated heterocycles. The highest BCUT2D eigenvalue weighted by molar-refractivity contribution is 6.76. The van der Waals surface area contributed by atoms with Crippen LogP contribution in [0.2, 0.25) is 25.7 Å². The van der Waals surface area contributed by atoms with E-state index in [1.165, 1.54) is 0 Å². The Balaban J connectivity index is 2.49. The average molecular weight is 268 g/mol. The molecule has 18 heavy (non-hydrogen) atoms. The molecule has 0 fully saturated rings. The van der Waals surface area contributed by atoms with Gasteiger partial charge in [0, 0.05) is 33.0 Å². The van der Waals surface area contributed by atoms with Crippen LogP contribution >= 0.6 is 0 Å². The molecule has 0 aromatic carbocycles. The molecule has 0 aliphatic heterocycles. The maximum atomic E-state index is 11.9. The normalized spacial score (nSPS) is 12.1. The summed E-state index contributed by atoms with van der Waals surface area (Å²) < 4.78 is 7.41. The molecule has 0 aliphatic carbocycles. The van der Waals surface area contributed by atoms with Crippen LogP contribution in [-0.2, 0) is 11.5 Å². The number of ketones is 1. The van der Waals surface area contributed by atoms with E-state index in [2.05, 4.69) is 24.6 Å². The quantitative estimate of drug-likeness (QED) is 0.434. The first kappa shape index (κ1) is 15.1. The fourth-order valence-corrected chi connectivity index (χ4v) is 2.19. The van der Waals surface area contributed by atoms with Crippen LogP contribution in [0.4, 0.5) is 0 Å². The number of aromatic nitrogens is 2. The molecule has 0 aliphatic rings. The van der Waals surface area contributed by atoms with E-state index in [9.17, 15) is 4.79 Å². The summed E-state index contributed by atoms with van der Waals surface area (Å²) in [4.78, 5) is 16.0. The summed E-state index contributed by atoms with van der Waals surface area (Å²) in [5.41, 5.74) is 0. The zero-order valence-electron chi connectivity index (χ0n) is 12.1. The number of hydrogen-bond donors (Lipinski definition) is 0. The molecule has 0 atom stereocenters. The van der Waals surface area contributed by atoms with Gasteiger partial charge in [0.2, 0.25) is 5.78 Å². The van der Waals surface area contributed by atoms with Crippen molar-refractivity contribution >= 4 is 13.9 Å². The van der Waals surface area contributed by atoms with E-state index in [4.69, 9.17) is 4.74 Å². The number of Topliss-reactive ketones (excluding diaryl/α,β-unsaturated/α-hetero) is 1. The standard InChI is InChI=1S/C13H24N2O2Si/c1-11(2)12(16)13-14-6-7-15(13)10-17-8-9-18(3,4)5/h6-7,11H,8-10H2,1-5H3. The predicted molar refractivity (Wildman–Crippen MR) is 75.5 cm³/mol. The Bertz CT molecular complexity index is 394. The molecular formula is C13H24N2O2Si. The Morgan fingerprint density at radius 2 is 2.11 bits per heavy atom. The SMILES string of the molecule is CC(C)C(=O)c1nccn1COCC[Si](C)(C)C. The minimum Gasteiger partial charge on any atom is -0.361 e. The maximum Gasteiger partial charge on any atom is 0.200 e. The van der Waals surface area contributed by atoms with E-state index in [-0.39, 0.29) is 11.7 Å². The predicted octanol–water partition coefficient (Wildman–Crippen LogP) is 3.03. The molecule has 1 heterocycles. The number of imidazole rings is 1. The summed E-state index contributed by atoms with van der Waals surface area (Å²) in [6.07, 6.45) is 3.45. The molecule has 0 saturated carbocycles. The highest BCUT2D eigenvalue weighted by Crippen LogP contribution is 2.09. The number of hydrogen-bond acceptors (Lipinski definition) is 3. The summed E-state index contributed by atoms with van der Waals surface area (Å²) in [7, 11) is -1.05. The van der Waals surface area contributed by atoms with Gasteiger partial charge in [0.05, 0.1) is 0 Å². The van der Waals surface area contributed by atoms with Crippen molar-refractivity contribution in [2.45, 2.75) is 46.3 Å². The minimum absolute atomic E-state index is 0.0341. The van der Waals surface area contributed by atoms with Crippen LogP contribution in [0.25, 0.3) is 0 Å². The second-order valence-corrected chi connectivity index (χ2v) is 11.7. The molecule has 4 nitrogen and oxygen atoms in total. The molecule has 1 aromatic rings. The van der Waals surface area contributed by atoms with Crippen LogP contribution in [0.3, 0.4) is 0 Å². The first-order valence-corrected chi connectivity index (χ1v) is 10.1. The molecule has 0 bridgehead atoms. The first-order valence-electron chi connectivity index (χ1n) is 6.44. The lowest BCUT2D eigenvalue weighted by Gasteiger charge is -2.16. The molecule has 0 amide bonds. The Morgan fingerprint density at radius 3 is 2.67 bits per heavy atom. The van der Waals surface area contributed by atoms with Gasteiger partial charge in [0.1, 0.15) is 6.73 Å². The van der Waals surface area contributed by atoms with Gasteiger partial charge in [0.25, 0.3) is 0 Å². The third-order valence-electron chi connectivity index (χ3n) is 2.69. The molecule has 5 heteroatoms. The van der Waals surface area contributed by atoms with Crippen LogP contribution in [0.5, 0.6) is 0 Å². The van der Waals surface area contributed by atoms with Crippen molar-refractivity contribution in [2.24, 2.45) is 5.92 Å². The van der Waals surface area contributed by atoms with Crippen molar-refractivity contribution < 1.29 is 9.53 Å². The maximum absolute atomic E-state index is 11.9. The number of carbonyl (C=O) groups is 1. The van der Waals surface area contributed by atoms with Crippen LogP contribution < -0.4 is 0 Å². The van der Waals surface area contributed by atoms with Gasteiger partial charge in [-0.05, 0) is 6.04 Å². The number of nitrogens with zero attached hydrogens (tertiary/aromatic N) is 2. The van der Waals surface area contributed by atoms with E-state index in [1.807, 2.05) is 13.8 Å². The fraction of sp³-hybridized carbons (Fsp3) is 0.692. The summed E-state index contributed by atoms with van der Waals surface area (Å²) in [6, 6.07) is 1.13. The lowest BCUT2D eigenvalue weighted by molar-refractivity contribution is 0.0778. The number of ether oxygens (including phenoxy) is 1. The Morgan fingerprint density at radius 1 is 1.44 bits per heavy atom. The Hall–Kier alpha value is -0.943. The number of carbonyl (C=O) groups excluding carboxylic acids is 1. The van der Waals surface area contributed by atoms with Gasteiger partial charge >= 0.3 is 0 Å². The highest BCUT2D eigenvalue weighted by Gasteiger charge is 2.16. The zero-order valence-corrected chi connectivity index (χ0v) is 13.1. The molecule has 1 rings (SSSR count). The van der Waals surface area contributed by atoms with E-state index >= 15 is 0 Å². The lowest BCUT2D eigenvalue weighted by Crippen LogP contribution is -2.22. The Kier molecular flexibility index (Phi) is 5.28. The molecule has 102 valence electrons. The third-order valence-corrected chi connectivity index (χ3v) is 4.39. The summed E-state index contributed by atoms with van der Waals surface area (Å²) in [5, 5.41) is 0. The summed E-state index contributed by atoms with van der Waals surface area (Å²) in [6.45, 7) is 11.9. The van der Waals surface area contributed by atoms with Crippen molar-refractivity contribution in [3.8, 4) is 0 Å². The minimum atomic E-state index is -1.05. The van der Waals surface area contributed by atoms with E-state index in [0.717, 1.165) is 12.7 Å². The second kappa shape index (κ2) is 6.29. The van der Waals surface area contributed by atoms with Crippen LogP contribution in [0.1, 0.15) is 24.5 Å². The van der Waals surface area contributed by atoms with Gasteiger partial charge in [-0.3, -0.25) is 4.79 Å². The van der Waals surface area contributed by atoms with Crippen molar-refractivity contribution in [1.82, 2.24) is 9.55 Å². The van der Waals surface area contributed by atoms with Gasteiger partial charge in [-0.1, -0.05) is 33.5 Å². The topological polar surface area (TPSA) is 44.1 Å². The summed E-state index contributed by atoms with van der Waals surface area (Å²) in [5.74, 6) is 0.528. The van der Waals surface area contributed by atoms with Crippen molar-refractivity contribution in [2.75, 3.05) is 6.61 Å². The fourth-order valence-electron chi connectivity index (χ4n) is 1.44. The smallest absolute Gasteiger partial charge is 0.200 e. The van der Waals surface area contributed by atoms with Crippen molar-refractivity contribution in [3.63, 3.8) is 0 Å². The molecule has 0 spiro atoms. The van der Waals surface area contributed by atoms with E-state index in [1.54, 1.807) is 17.0 Å². The van der Waals surface area contributed by atoms with Crippen molar-refractivity contribution in [1.29, 1.82) is 0 Å². The summed E-state index contributed by atoms with van der Waals surface area (Å²) >= 11 is 0. The van der Waals surface area contributed by atoms with Crippen LogP contribution in [0.15, 0.2) is 12.4 Å². The van der Waals surface area contributed by atoms with Crippen LogP contribution in [-0.4, -0.2) is 30.0 Å². The van der Waals surface area contributed by atoms with Crippen molar-refractivity contribution in [3.05, 3.63) is 18.2 Å². The third kappa shape index (κ3) is 4.74. The molecule has 1 aromatic heterocycles. The first-order chi connectivity index (χ1) is 8.31. The monoisotopic (exact) mass is 268 g/mol. The van der Waals surface area contributed by atoms with E-state index in [0.29, 0.717) is 12.6 Å². The van der Waals surface area contributed by atoms with Gasteiger partial charge in [-0.15, -0.1) is 0 Å². The largest absolute Gasteiger partial charge is 0.361 e. The zero-order chi connectivity index (χ0) is 13.8. The molecule has 0 radical (unpaired) electrons. The van der Waals surface area contributed by atoms with E-state index < -0.39 is 8.07 Å². The number of rotatable bonds is 7. The van der Waals surface area contributed by atoms with Gasteiger partial charge < -0.3 is 9.30 Å².